The van der Waals surface area contributed by atoms with Crippen molar-refractivity contribution in [2.24, 2.45) is 0 Å². The molecule has 0 unspecified atom stereocenters. The van der Waals surface area contributed by atoms with Gasteiger partial charge in [-0.15, -0.1) is 0 Å². The van der Waals surface area contributed by atoms with E-state index >= 15 is 0 Å². The number of aryl methyl sites for hydroxylation is 2. The summed E-state index contributed by atoms with van der Waals surface area (Å²) in [5, 5.41) is 18.6. The average molecular weight is 372 g/mol. The van der Waals surface area contributed by atoms with E-state index in [0.717, 1.165) is 16.1 Å². The van der Waals surface area contributed by atoms with Crippen LogP contribution in [0.1, 0.15) is 16.7 Å². The third kappa shape index (κ3) is 5.01. The van der Waals surface area contributed by atoms with Crippen LogP contribution in [0.2, 0.25) is 5.02 Å². The predicted molar refractivity (Wildman–Crippen MR) is 99.6 cm³/mol. The van der Waals surface area contributed by atoms with Gasteiger partial charge in [0.25, 0.3) is 0 Å². The van der Waals surface area contributed by atoms with E-state index in [1.165, 1.54) is 6.08 Å². The standard InChI is InChI=1S/C20H18ClNO4/c1-13-9-17(10-14(2)19(13)21)25-7-8-26-18-6-4-3-5-15(18)11-16(12-22)20(23)24/h3-6,9-11H,7-8H2,1-2H3,(H,23,24). The van der Waals surface area contributed by atoms with Crippen LogP contribution in [0.15, 0.2) is 42.0 Å². The molecule has 1 N–H and O–H groups in total. The van der Waals surface area contributed by atoms with Gasteiger partial charge in [-0.1, -0.05) is 29.8 Å². The van der Waals surface area contributed by atoms with E-state index < -0.39 is 5.97 Å². The largest absolute Gasteiger partial charge is 0.490 e. The Morgan fingerprint density at radius 1 is 1.19 bits per heavy atom. The third-order valence-corrected chi connectivity index (χ3v) is 4.19. The summed E-state index contributed by atoms with van der Waals surface area (Å²) in [7, 11) is 0. The van der Waals surface area contributed by atoms with Crippen LogP contribution >= 0.6 is 11.6 Å². The molecule has 0 aliphatic rings. The number of carboxylic acid groups (broad SMARTS) is 1. The second kappa shape index (κ2) is 8.93. The van der Waals surface area contributed by atoms with E-state index in [1.54, 1.807) is 30.3 Å². The summed E-state index contributed by atoms with van der Waals surface area (Å²) in [5.41, 5.74) is 2.04. The van der Waals surface area contributed by atoms with Crippen LogP contribution in [-0.2, 0) is 4.79 Å². The second-order valence-electron chi connectivity index (χ2n) is 5.58. The van der Waals surface area contributed by atoms with Crippen LogP contribution in [0.3, 0.4) is 0 Å². The highest BCUT2D eigenvalue weighted by Gasteiger charge is 2.09. The maximum absolute atomic E-state index is 11.0. The summed E-state index contributed by atoms with van der Waals surface area (Å²) in [5.74, 6) is -0.0912. The van der Waals surface area contributed by atoms with E-state index in [9.17, 15) is 4.79 Å². The summed E-state index contributed by atoms with van der Waals surface area (Å²) in [6.45, 7) is 4.40. The number of benzene rings is 2. The van der Waals surface area contributed by atoms with Crippen molar-refractivity contribution in [1.29, 1.82) is 5.26 Å². The maximum atomic E-state index is 11.0. The van der Waals surface area contributed by atoms with Gasteiger partial charge in [0.05, 0.1) is 0 Å². The molecule has 0 bridgehead atoms. The van der Waals surface area contributed by atoms with Crippen molar-refractivity contribution in [3.63, 3.8) is 0 Å². The van der Waals surface area contributed by atoms with Crippen LogP contribution in [0.25, 0.3) is 6.08 Å². The summed E-state index contributed by atoms with van der Waals surface area (Å²) in [6, 6.07) is 12.3. The lowest BCUT2D eigenvalue weighted by molar-refractivity contribution is -0.132. The zero-order valence-corrected chi connectivity index (χ0v) is 15.2. The smallest absolute Gasteiger partial charge is 0.346 e. The topological polar surface area (TPSA) is 79.5 Å². The molecule has 0 saturated heterocycles. The third-order valence-electron chi connectivity index (χ3n) is 3.59. The van der Waals surface area contributed by atoms with Gasteiger partial charge < -0.3 is 14.6 Å². The number of hydrogen-bond acceptors (Lipinski definition) is 4. The Bertz CT molecular complexity index is 861. The van der Waals surface area contributed by atoms with Crippen LogP contribution in [0.4, 0.5) is 0 Å². The number of hydrogen-bond donors (Lipinski definition) is 1. The first kappa shape index (κ1) is 19.4. The van der Waals surface area contributed by atoms with Crippen LogP contribution in [-0.4, -0.2) is 24.3 Å². The number of carboxylic acids is 1. The molecule has 0 saturated carbocycles. The molecule has 0 heterocycles. The fourth-order valence-corrected chi connectivity index (χ4v) is 2.44. The lowest BCUT2D eigenvalue weighted by Crippen LogP contribution is -2.10. The monoisotopic (exact) mass is 371 g/mol. The van der Waals surface area contributed by atoms with Crippen molar-refractivity contribution < 1.29 is 19.4 Å². The molecule has 0 amide bonds. The fourth-order valence-electron chi connectivity index (χ4n) is 2.33. The number of rotatable bonds is 7. The zero-order chi connectivity index (χ0) is 19.1. The van der Waals surface area contributed by atoms with Crippen molar-refractivity contribution >= 4 is 23.6 Å². The van der Waals surface area contributed by atoms with Gasteiger partial charge in [-0.25, -0.2) is 4.79 Å². The number of carbonyl (C=O) groups is 1. The van der Waals surface area contributed by atoms with Crippen molar-refractivity contribution in [3.05, 3.63) is 63.7 Å². The molecule has 2 rings (SSSR count). The summed E-state index contributed by atoms with van der Waals surface area (Å²) < 4.78 is 11.3. The van der Waals surface area contributed by atoms with Crippen LogP contribution < -0.4 is 9.47 Å². The molecule has 2 aromatic carbocycles. The van der Waals surface area contributed by atoms with Crippen LogP contribution in [0, 0.1) is 25.2 Å². The Balaban J connectivity index is 2.01. The maximum Gasteiger partial charge on any atom is 0.346 e. The Morgan fingerprint density at radius 2 is 1.81 bits per heavy atom. The van der Waals surface area contributed by atoms with Gasteiger partial charge in [-0.05, 0) is 49.2 Å². The van der Waals surface area contributed by atoms with Crippen molar-refractivity contribution in [2.75, 3.05) is 13.2 Å². The van der Waals surface area contributed by atoms with Gasteiger partial charge >= 0.3 is 5.97 Å². The zero-order valence-electron chi connectivity index (χ0n) is 14.5. The normalized spacial score (nSPS) is 10.9. The Labute approximate surface area is 157 Å². The molecule has 5 nitrogen and oxygen atoms in total. The minimum atomic E-state index is -1.28. The van der Waals surface area contributed by atoms with Crippen molar-refractivity contribution in [2.45, 2.75) is 13.8 Å². The highest BCUT2D eigenvalue weighted by molar-refractivity contribution is 6.32. The molecule has 0 aromatic heterocycles. The van der Waals surface area contributed by atoms with E-state index in [2.05, 4.69) is 0 Å². The molecule has 6 heteroatoms. The number of para-hydroxylation sites is 1. The van der Waals surface area contributed by atoms with E-state index in [0.29, 0.717) is 23.7 Å². The summed E-state index contributed by atoms with van der Waals surface area (Å²) in [6.07, 6.45) is 1.28. The van der Waals surface area contributed by atoms with Crippen molar-refractivity contribution in [3.8, 4) is 17.6 Å². The highest BCUT2D eigenvalue weighted by atomic mass is 35.5. The first-order chi connectivity index (χ1) is 12.4. The molecular formula is C20H18ClNO4. The van der Waals surface area contributed by atoms with Gasteiger partial charge in [-0.3, -0.25) is 0 Å². The molecule has 26 heavy (non-hydrogen) atoms. The number of nitrogens with zero attached hydrogens (tertiary/aromatic N) is 1. The fraction of sp³-hybridized carbons (Fsp3) is 0.200. The number of nitriles is 1. The van der Waals surface area contributed by atoms with Gasteiger partial charge in [0.1, 0.15) is 36.4 Å². The first-order valence-electron chi connectivity index (χ1n) is 7.89. The second-order valence-corrected chi connectivity index (χ2v) is 5.96. The van der Waals surface area contributed by atoms with E-state index in [1.807, 2.05) is 26.0 Å². The SMILES string of the molecule is Cc1cc(OCCOc2ccccc2C=C(C#N)C(=O)O)cc(C)c1Cl. The minimum Gasteiger partial charge on any atom is -0.490 e. The molecule has 0 spiro atoms. The molecule has 0 aliphatic heterocycles. The molecule has 0 atom stereocenters. The van der Waals surface area contributed by atoms with Crippen LogP contribution in [0.5, 0.6) is 11.5 Å². The first-order valence-corrected chi connectivity index (χ1v) is 8.26. The van der Waals surface area contributed by atoms with Crippen molar-refractivity contribution in [1.82, 2.24) is 0 Å². The van der Waals surface area contributed by atoms with E-state index in [4.69, 9.17) is 31.4 Å². The minimum absolute atomic E-state index is 0.264. The average Bonchev–Trinajstić information content (AvgIpc) is 2.61. The highest BCUT2D eigenvalue weighted by Crippen LogP contribution is 2.26. The lowest BCUT2D eigenvalue weighted by Gasteiger charge is -2.12. The Hall–Kier alpha value is -2.97. The quantitative estimate of drug-likeness (QED) is 0.443. The summed E-state index contributed by atoms with van der Waals surface area (Å²) in [4.78, 5) is 11.0. The predicted octanol–water partition coefficient (Wildman–Crippen LogP) is 4.41. The number of halogens is 1. The van der Waals surface area contributed by atoms with E-state index in [-0.39, 0.29) is 12.2 Å². The van der Waals surface area contributed by atoms with Gasteiger partial charge in [0.2, 0.25) is 0 Å². The molecule has 0 radical (unpaired) electrons. The van der Waals surface area contributed by atoms with Gasteiger partial charge in [0, 0.05) is 10.6 Å². The molecule has 2 aromatic rings. The molecule has 134 valence electrons. The number of ether oxygens (including phenoxy) is 2. The van der Waals surface area contributed by atoms with Gasteiger partial charge in [-0.2, -0.15) is 5.26 Å². The van der Waals surface area contributed by atoms with Gasteiger partial charge in [0.15, 0.2) is 0 Å². The molecule has 0 aliphatic carbocycles. The molecular weight excluding hydrogens is 354 g/mol. The molecule has 0 fully saturated rings. The lowest BCUT2D eigenvalue weighted by atomic mass is 10.1. The number of aliphatic carboxylic acids is 1. The summed E-state index contributed by atoms with van der Waals surface area (Å²) >= 11 is 6.13. The Morgan fingerprint density at radius 3 is 2.42 bits per heavy atom. The Kier molecular flexibility index (Phi) is 6.65.